The first-order valence-electron chi connectivity index (χ1n) is 10.2. The van der Waals surface area contributed by atoms with Crippen molar-refractivity contribution in [1.29, 1.82) is 0 Å². The van der Waals surface area contributed by atoms with E-state index in [9.17, 15) is 9.59 Å². The van der Waals surface area contributed by atoms with Gasteiger partial charge in [-0.3, -0.25) is 18.6 Å². The topological polar surface area (TPSA) is 90.5 Å². The molecule has 9 heteroatoms. The van der Waals surface area contributed by atoms with Crippen molar-refractivity contribution in [2.24, 2.45) is 0 Å². The Kier molecular flexibility index (Phi) is 6.27. The highest BCUT2D eigenvalue weighted by Crippen LogP contribution is 2.26. The Morgan fingerprint density at radius 1 is 1.12 bits per heavy atom. The van der Waals surface area contributed by atoms with E-state index in [-0.39, 0.29) is 17.1 Å². The zero-order chi connectivity index (χ0) is 22.7. The van der Waals surface area contributed by atoms with E-state index in [0.29, 0.717) is 23.0 Å². The fourth-order valence-corrected chi connectivity index (χ4v) is 4.28. The highest BCUT2D eigenvalue weighted by atomic mass is 32.2. The molecule has 2 heterocycles. The molecule has 0 fully saturated rings. The Hall–Kier alpha value is -3.59. The Morgan fingerprint density at radius 2 is 1.88 bits per heavy atom. The maximum absolute atomic E-state index is 13.1. The van der Waals surface area contributed by atoms with Gasteiger partial charge >= 0.3 is 5.56 Å². The molecule has 164 valence electrons. The molecule has 0 aliphatic rings. The van der Waals surface area contributed by atoms with Gasteiger partial charge in [-0.2, -0.15) is 0 Å². The second-order valence-corrected chi connectivity index (χ2v) is 8.31. The number of para-hydroxylation sites is 3. The molecule has 32 heavy (non-hydrogen) atoms. The molecule has 0 aliphatic carbocycles. The third-order valence-electron chi connectivity index (χ3n) is 5.10. The van der Waals surface area contributed by atoms with Gasteiger partial charge < -0.3 is 10.1 Å². The van der Waals surface area contributed by atoms with Crippen molar-refractivity contribution in [2.75, 3.05) is 12.4 Å². The molecule has 8 nitrogen and oxygen atoms in total. The SMILES string of the molecule is CC[C@@H](Sc1nnc2c(=O)n(-c3ccccc3OC)ccn12)C(=O)Nc1ccccc1C. The van der Waals surface area contributed by atoms with Gasteiger partial charge in [0, 0.05) is 18.1 Å². The standard InChI is InChI=1S/C23H23N5O3S/c1-4-19(21(29)24-16-10-6-5-9-15(16)2)32-23-26-25-20-22(30)27(13-14-28(20)23)17-11-7-8-12-18(17)31-3/h5-14,19H,4H2,1-3H3,(H,24,29)/t19-/m1/s1. The summed E-state index contributed by atoms with van der Waals surface area (Å²) in [6.07, 6.45) is 3.96. The van der Waals surface area contributed by atoms with E-state index in [1.165, 1.54) is 16.3 Å². The molecule has 0 radical (unpaired) electrons. The average molecular weight is 450 g/mol. The minimum atomic E-state index is -0.390. The van der Waals surface area contributed by atoms with Crippen LogP contribution in [0.3, 0.4) is 0 Å². The molecule has 0 saturated carbocycles. The number of aromatic nitrogens is 4. The van der Waals surface area contributed by atoms with E-state index in [4.69, 9.17) is 4.74 Å². The average Bonchev–Trinajstić information content (AvgIpc) is 3.22. The number of fused-ring (bicyclic) bond motifs is 1. The van der Waals surface area contributed by atoms with Crippen molar-refractivity contribution >= 4 is 29.0 Å². The molecule has 0 bridgehead atoms. The first-order valence-corrected chi connectivity index (χ1v) is 11.0. The summed E-state index contributed by atoms with van der Waals surface area (Å²) in [6, 6.07) is 14.9. The molecule has 1 N–H and O–H groups in total. The molecule has 0 saturated heterocycles. The number of benzene rings is 2. The first kappa shape index (κ1) is 21.6. The number of carbonyl (C=O) groups excluding carboxylic acids is 1. The number of anilines is 1. The van der Waals surface area contributed by atoms with Gasteiger partial charge in [0.05, 0.1) is 18.0 Å². The number of hydrogen-bond donors (Lipinski definition) is 1. The lowest BCUT2D eigenvalue weighted by Gasteiger charge is -2.15. The summed E-state index contributed by atoms with van der Waals surface area (Å²) in [4.78, 5) is 25.9. The van der Waals surface area contributed by atoms with Crippen LogP contribution in [-0.4, -0.2) is 37.4 Å². The fourth-order valence-electron chi connectivity index (χ4n) is 3.34. The van der Waals surface area contributed by atoms with Gasteiger partial charge in [0.1, 0.15) is 5.75 Å². The number of hydrogen-bond acceptors (Lipinski definition) is 6. The lowest BCUT2D eigenvalue weighted by atomic mass is 10.2. The summed E-state index contributed by atoms with van der Waals surface area (Å²) in [5, 5.41) is 11.3. The lowest BCUT2D eigenvalue weighted by Crippen LogP contribution is -2.25. The minimum Gasteiger partial charge on any atom is -0.495 e. The van der Waals surface area contributed by atoms with Gasteiger partial charge in [-0.05, 0) is 37.1 Å². The minimum absolute atomic E-state index is 0.120. The van der Waals surface area contributed by atoms with Crippen molar-refractivity contribution < 1.29 is 9.53 Å². The smallest absolute Gasteiger partial charge is 0.300 e. The number of aryl methyl sites for hydroxylation is 1. The van der Waals surface area contributed by atoms with Crippen LogP contribution < -0.4 is 15.6 Å². The van der Waals surface area contributed by atoms with Crippen LogP contribution in [0.4, 0.5) is 5.69 Å². The second kappa shape index (κ2) is 9.27. The fraction of sp³-hybridized carbons (Fsp3) is 0.217. The zero-order valence-corrected chi connectivity index (χ0v) is 18.8. The number of nitrogens with zero attached hydrogens (tertiary/aromatic N) is 4. The molecule has 2 aromatic carbocycles. The summed E-state index contributed by atoms with van der Waals surface area (Å²) in [5.74, 6) is 0.456. The van der Waals surface area contributed by atoms with Gasteiger partial charge in [0.15, 0.2) is 5.16 Å². The molecule has 0 aliphatic heterocycles. The van der Waals surface area contributed by atoms with Gasteiger partial charge in [-0.15, -0.1) is 10.2 Å². The molecule has 0 unspecified atom stereocenters. The van der Waals surface area contributed by atoms with Gasteiger partial charge in [0.2, 0.25) is 11.6 Å². The van der Waals surface area contributed by atoms with Crippen LogP contribution in [0, 0.1) is 6.92 Å². The Bertz CT molecular complexity index is 1330. The third-order valence-corrected chi connectivity index (χ3v) is 6.42. The third kappa shape index (κ3) is 4.11. The molecular weight excluding hydrogens is 426 g/mol. The Labute approximate surface area is 189 Å². The molecule has 1 amide bonds. The maximum atomic E-state index is 13.1. The van der Waals surface area contributed by atoms with Crippen LogP contribution in [0.5, 0.6) is 5.75 Å². The van der Waals surface area contributed by atoms with E-state index in [1.54, 1.807) is 36.0 Å². The van der Waals surface area contributed by atoms with Crippen LogP contribution in [0.15, 0.2) is 70.9 Å². The molecule has 4 rings (SSSR count). The summed E-state index contributed by atoms with van der Waals surface area (Å²) in [7, 11) is 1.56. The van der Waals surface area contributed by atoms with Crippen LogP contribution in [0.2, 0.25) is 0 Å². The van der Waals surface area contributed by atoms with Crippen LogP contribution >= 0.6 is 11.8 Å². The Morgan fingerprint density at radius 3 is 2.62 bits per heavy atom. The predicted octanol–water partition coefficient (Wildman–Crippen LogP) is 3.71. The summed E-state index contributed by atoms with van der Waals surface area (Å²) in [5.41, 5.74) is 2.24. The van der Waals surface area contributed by atoms with Crippen molar-refractivity contribution in [3.63, 3.8) is 0 Å². The van der Waals surface area contributed by atoms with Crippen molar-refractivity contribution in [2.45, 2.75) is 30.7 Å². The van der Waals surface area contributed by atoms with E-state index >= 15 is 0 Å². The summed E-state index contributed by atoms with van der Waals surface area (Å²) < 4.78 is 8.46. The number of methoxy groups -OCH3 is 1. The summed E-state index contributed by atoms with van der Waals surface area (Å²) in [6.45, 7) is 3.88. The van der Waals surface area contributed by atoms with Gasteiger partial charge in [0.25, 0.3) is 0 Å². The van der Waals surface area contributed by atoms with E-state index < -0.39 is 5.25 Å². The van der Waals surface area contributed by atoms with Gasteiger partial charge in [-0.25, -0.2) is 0 Å². The van der Waals surface area contributed by atoms with Crippen molar-refractivity contribution in [1.82, 2.24) is 19.2 Å². The maximum Gasteiger partial charge on any atom is 0.300 e. The highest BCUT2D eigenvalue weighted by Gasteiger charge is 2.22. The normalized spacial score (nSPS) is 12.0. The number of rotatable bonds is 7. The molecular formula is C23H23N5O3S. The van der Waals surface area contributed by atoms with Crippen molar-refractivity contribution in [3.05, 3.63) is 76.8 Å². The van der Waals surface area contributed by atoms with Crippen LogP contribution in [-0.2, 0) is 4.79 Å². The van der Waals surface area contributed by atoms with Gasteiger partial charge in [-0.1, -0.05) is 49.0 Å². The zero-order valence-electron chi connectivity index (χ0n) is 18.0. The van der Waals surface area contributed by atoms with E-state index in [0.717, 1.165) is 11.3 Å². The number of carbonyl (C=O) groups is 1. The monoisotopic (exact) mass is 449 g/mol. The van der Waals surface area contributed by atoms with Crippen molar-refractivity contribution in [3.8, 4) is 11.4 Å². The molecule has 0 spiro atoms. The second-order valence-electron chi connectivity index (χ2n) is 7.14. The number of amides is 1. The largest absolute Gasteiger partial charge is 0.495 e. The lowest BCUT2D eigenvalue weighted by molar-refractivity contribution is -0.115. The Balaban J connectivity index is 1.62. The highest BCUT2D eigenvalue weighted by molar-refractivity contribution is 8.00. The number of nitrogens with one attached hydrogen (secondary N) is 1. The van der Waals surface area contributed by atoms with E-state index in [1.807, 2.05) is 50.2 Å². The molecule has 1 atom stereocenters. The molecule has 4 aromatic rings. The molecule has 2 aromatic heterocycles. The first-order chi connectivity index (χ1) is 15.5. The van der Waals surface area contributed by atoms with E-state index in [2.05, 4.69) is 15.5 Å². The quantitative estimate of drug-likeness (QED) is 0.433. The number of ether oxygens (including phenoxy) is 1. The van der Waals surface area contributed by atoms with Crippen LogP contribution in [0.1, 0.15) is 18.9 Å². The summed E-state index contributed by atoms with van der Waals surface area (Å²) >= 11 is 1.28. The number of thioether (sulfide) groups is 1. The van der Waals surface area contributed by atoms with Crippen LogP contribution in [0.25, 0.3) is 11.3 Å². The predicted molar refractivity (Wildman–Crippen MR) is 125 cm³/mol.